The summed E-state index contributed by atoms with van der Waals surface area (Å²) in [5.74, 6) is 0. The molecule has 20 heavy (non-hydrogen) atoms. The highest BCUT2D eigenvalue weighted by Crippen LogP contribution is 2.36. The average molecular weight is 275 g/mol. The second kappa shape index (κ2) is 5.68. The maximum atomic E-state index is 9.68. The Balaban J connectivity index is 2.24. The molecule has 3 nitrogen and oxygen atoms in total. The van der Waals surface area contributed by atoms with Crippen molar-refractivity contribution in [2.75, 3.05) is 6.61 Å². The molecular formula is C17H25NO2. The summed E-state index contributed by atoms with van der Waals surface area (Å²) in [6, 6.07) is 9.87. The summed E-state index contributed by atoms with van der Waals surface area (Å²) < 4.78 is 0. The van der Waals surface area contributed by atoms with Crippen molar-refractivity contribution >= 4 is 0 Å². The molecule has 0 saturated heterocycles. The Morgan fingerprint density at radius 2 is 1.85 bits per heavy atom. The van der Waals surface area contributed by atoms with E-state index in [9.17, 15) is 5.11 Å². The van der Waals surface area contributed by atoms with Crippen LogP contribution in [0.3, 0.4) is 0 Å². The summed E-state index contributed by atoms with van der Waals surface area (Å²) in [6.07, 6.45) is 4.97. The second-order valence-corrected chi connectivity index (χ2v) is 6.55. The lowest BCUT2D eigenvalue weighted by molar-refractivity contribution is -0.291. The van der Waals surface area contributed by atoms with Crippen LogP contribution >= 0.6 is 0 Å². The van der Waals surface area contributed by atoms with Gasteiger partial charge in [0, 0.05) is 5.54 Å². The number of rotatable bonds is 4. The second-order valence-electron chi connectivity index (χ2n) is 6.55. The zero-order valence-electron chi connectivity index (χ0n) is 12.8. The quantitative estimate of drug-likeness (QED) is 0.854. The fraction of sp³-hybridized carbons (Fsp3) is 0.529. The van der Waals surface area contributed by atoms with Crippen molar-refractivity contribution in [1.82, 2.24) is 5.06 Å². The van der Waals surface area contributed by atoms with Gasteiger partial charge in [-0.05, 0) is 39.7 Å². The van der Waals surface area contributed by atoms with E-state index in [1.807, 2.05) is 35.4 Å². The molecule has 1 aromatic carbocycles. The first-order valence-electron chi connectivity index (χ1n) is 7.17. The van der Waals surface area contributed by atoms with Crippen LogP contribution in [0.4, 0.5) is 0 Å². The minimum absolute atomic E-state index is 0.0314. The van der Waals surface area contributed by atoms with Crippen molar-refractivity contribution in [3.8, 4) is 0 Å². The average Bonchev–Trinajstić information content (AvgIpc) is 2.38. The number of aliphatic hydroxyl groups is 1. The van der Waals surface area contributed by atoms with Crippen LogP contribution in [0.2, 0.25) is 0 Å². The van der Waals surface area contributed by atoms with Gasteiger partial charge in [0.05, 0.1) is 12.1 Å². The van der Waals surface area contributed by atoms with E-state index in [1.165, 1.54) is 0 Å². The predicted molar refractivity (Wildman–Crippen MR) is 81.1 cm³/mol. The molecule has 0 bridgehead atoms. The third kappa shape index (κ3) is 3.11. The van der Waals surface area contributed by atoms with Gasteiger partial charge in [-0.25, -0.2) is 0 Å². The van der Waals surface area contributed by atoms with Gasteiger partial charge in [-0.2, -0.15) is 5.06 Å². The third-order valence-corrected chi connectivity index (χ3v) is 3.79. The maximum absolute atomic E-state index is 9.68. The van der Waals surface area contributed by atoms with Crippen LogP contribution < -0.4 is 0 Å². The monoisotopic (exact) mass is 275 g/mol. The smallest absolute Gasteiger partial charge is 0.127 e. The SMILES string of the molecule is CC1(C)C=CCC(C)(C)N1OC(CO)c1ccccc1. The van der Waals surface area contributed by atoms with Crippen LogP contribution in [0, 0.1) is 0 Å². The summed E-state index contributed by atoms with van der Waals surface area (Å²) in [5.41, 5.74) is 0.709. The molecule has 0 radical (unpaired) electrons. The lowest BCUT2D eigenvalue weighted by Gasteiger charge is -2.49. The largest absolute Gasteiger partial charge is 0.393 e. The Morgan fingerprint density at radius 3 is 2.40 bits per heavy atom. The molecule has 1 heterocycles. The number of hydroxylamine groups is 2. The molecule has 1 unspecified atom stereocenters. The number of benzene rings is 1. The Morgan fingerprint density at radius 1 is 1.20 bits per heavy atom. The lowest BCUT2D eigenvalue weighted by Crippen LogP contribution is -2.56. The fourth-order valence-electron chi connectivity index (χ4n) is 2.84. The van der Waals surface area contributed by atoms with E-state index in [4.69, 9.17) is 4.84 Å². The normalized spacial score (nSPS) is 22.6. The van der Waals surface area contributed by atoms with E-state index in [2.05, 4.69) is 39.8 Å². The fourth-order valence-corrected chi connectivity index (χ4v) is 2.84. The van der Waals surface area contributed by atoms with Gasteiger partial charge in [-0.1, -0.05) is 42.5 Å². The molecule has 0 aliphatic carbocycles. The van der Waals surface area contributed by atoms with Crippen LogP contribution in [-0.2, 0) is 4.84 Å². The molecule has 3 heteroatoms. The molecule has 0 aromatic heterocycles. The maximum Gasteiger partial charge on any atom is 0.127 e. The zero-order chi connectivity index (χ0) is 14.8. The van der Waals surface area contributed by atoms with Crippen molar-refractivity contribution in [2.45, 2.75) is 51.3 Å². The van der Waals surface area contributed by atoms with Crippen molar-refractivity contribution in [3.63, 3.8) is 0 Å². The molecule has 0 spiro atoms. The van der Waals surface area contributed by atoms with E-state index >= 15 is 0 Å². The predicted octanol–water partition coefficient (Wildman–Crippen LogP) is 3.47. The third-order valence-electron chi connectivity index (χ3n) is 3.79. The van der Waals surface area contributed by atoms with Gasteiger partial charge in [-0.15, -0.1) is 0 Å². The molecule has 1 atom stereocenters. The number of hydrogen-bond acceptors (Lipinski definition) is 3. The number of aliphatic hydroxyl groups excluding tert-OH is 1. The summed E-state index contributed by atoms with van der Waals surface area (Å²) in [6.45, 7) is 8.55. The summed E-state index contributed by atoms with van der Waals surface area (Å²) >= 11 is 0. The minimum Gasteiger partial charge on any atom is -0.393 e. The standard InChI is InChI=1S/C17H25NO2/c1-16(2)11-8-12-17(3,4)18(16)20-15(13-19)14-9-6-5-7-10-14/h5-11,15,19H,12-13H2,1-4H3. The first-order valence-corrected chi connectivity index (χ1v) is 7.17. The molecule has 1 aliphatic rings. The molecule has 0 amide bonds. The Kier molecular flexibility index (Phi) is 4.33. The van der Waals surface area contributed by atoms with Crippen LogP contribution in [-0.4, -0.2) is 27.9 Å². The van der Waals surface area contributed by atoms with Crippen LogP contribution in [0.1, 0.15) is 45.8 Å². The van der Waals surface area contributed by atoms with Crippen LogP contribution in [0.15, 0.2) is 42.5 Å². The molecule has 0 saturated carbocycles. The van der Waals surface area contributed by atoms with Gasteiger partial charge in [0.25, 0.3) is 0 Å². The van der Waals surface area contributed by atoms with Gasteiger partial charge in [0.1, 0.15) is 6.10 Å². The molecule has 1 aliphatic heterocycles. The molecule has 0 fully saturated rings. The highest BCUT2D eigenvalue weighted by Gasteiger charge is 2.41. The van der Waals surface area contributed by atoms with E-state index in [0.29, 0.717) is 0 Å². The minimum atomic E-state index is -0.332. The van der Waals surface area contributed by atoms with Gasteiger partial charge in [0.2, 0.25) is 0 Å². The summed E-state index contributed by atoms with van der Waals surface area (Å²) in [4.78, 5) is 6.19. The molecule has 1 N–H and O–H groups in total. The van der Waals surface area contributed by atoms with Gasteiger partial charge in [-0.3, -0.25) is 4.84 Å². The Labute approximate surface area is 121 Å². The molecular weight excluding hydrogens is 250 g/mol. The molecule has 2 rings (SSSR count). The van der Waals surface area contributed by atoms with E-state index in [-0.39, 0.29) is 23.8 Å². The van der Waals surface area contributed by atoms with E-state index < -0.39 is 0 Å². The first-order chi connectivity index (χ1) is 9.37. The topological polar surface area (TPSA) is 32.7 Å². The van der Waals surface area contributed by atoms with E-state index in [1.54, 1.807) is 0 Å². The van der Waals surface area contributed by atoms with Crippen molar-refractivity contribution in [3.05, 3.63) is 48.0 Å². The zero-order valence-corrected chi connectivity index (χ0v) is 12.8. The van der Waals surface area contributed by atoms with Crippen LogP contribution in [0.5, 0.6) is 0 Å². The Bertz CT molecular complexity index is 465. The van der Waals surface area contributed by atoms with Gasteiger partial charge in [0.15, 0.2) is 0 Å². The van der Waals surface area contributed by atoms with Crippen LogP contribution in [0.25, 0.3) is 0 Å². The lowest BCUT2D eigenvalue weighted by atomic mass is 9.88. The Hall–Kier alpha value is -1.16. The number of hydrogen-bond donors (Lipinski definition) is 1. The van der Waals surface area contributed by atoms with Gasteiger partial charge < -0.3 is 5.11 Å². The first kappa shape index (κ1) is 15.2. The molecule has 1 aromatic rings. The van der Waals surface area contributed by atoms with Gasteiger partial charge >= 0.3 is 0 Å². The summed E-state index contributed by atoms with van der Waals surface area (Å²) in [7, 11) is 0. The van der Waals surface area contributed by atoms with Crippen molar-refractivity contribution < 1.29 is 9.94 Å². The van der Waals surface area contributed by atoms with E-state index in [0.717, 1.165) is 12.0 Å². The van der Waals surface area contributed by atoms with Crippen molar-refractivity contribution in [2.24, 2.45) is 0 Å². The highest BCUT2D eigenvalue weighted by atomic mass is 16.7. The van der Waals surface area contributed by atoms with Crippen molar-refractivity contribution in [1.29, 1.82) is 0 Å². The highest BCUT2D eigenvalue weighted by molar-refractivity contribution is 5.18. The molecule has 110 valence electrons. The summed E-state index contributed by atoms with van der Waals surface area (Å²) in [5, 5.41) is 11.7. The number of nitrogens with zero attached hydrogens (tertiary/aromatic N) is 1.